The van der Waals surface area contributed by atoms with Crippen LogP contribution in [0.2, 0.25) is 5.02 Å². The molecule has 0 radical (unpaired) electrons. The lowest BCUT2D eigenvalue weighted by Gasteiger charge is -2.41. The molecule has 0 bridgehead atoms. The van der Waals surface area contributed by atoms with Crippen molar-refractivity contribution in [1.82, 2.24) is 20.4 Å². The highest BCUT2D eigenvalue weighted by atomic mass is 35.5. The van der Waals surface area contributed by atoms with Crippen molar-refractivity contribution in [3.05, 3.63) is 34.6 Å². The lowest BCUT2D eigenvalue weighted by atomic mass is 10.0. The number of nitrogens with zero attached hydrogens (tertiary/aromatic N) is 2. The van der Waals surface area contributed by atoms with Gasteiger partial charge >= 0.3 is 12.1 Å². The van der Waals surface area contributed by atoms with E-state index >= 15 is 0 Å². The van der Waals surface area contributed by atoms with Gasteiger partial charge in [-0.1, -0.05) is 17.7 Å². The molecular formula is C18H24ClFN4O3. The summed E-state index contributed by atoms with van der Waals surface area (Å²) >= 11 is 5.75. The summed E-state index contributed by atoms with van der Waals surface area (Å²) in [5.74, 6) is -0.473. The highest BCUT2D eigenvalue weighted by Gasteiger charge is 2.41. The van der Waals surface area contributed by atoms with Crippen LogP contribution in [0.5, 0.6) is 0 Å². The standard InChI is InChI=1S/C18H24ClFN4O3/c1-21-17(26)23-9-14(7-15(25)10-23)24(13-4-5-13)18(27)22-8-11-2-3-12(19)6-16(11)20/h2-3,6,13-15,25H,4-5,7-10H2,1H3,(H,21,26)(H,22,27). The predicted octanol–water partition coefficient (Wildman–Crippen LogP) is 1.93. The zero-order chi connectivity index (χ0) is 19.6. The van der Waals surface area contributed by atoms with Crippen molar-refractivity contribution in [3.63, 3.8) is 0 Å². The second kappa shape index (κ2) is 8.31. The van der Waals surface area contributed by atoms with Crippen LogP contribution >= 0.6 is 11.6 Å². The van der Waals surface area contributed by atoms with E-state index in [1.54, 1.807) is 11.0 Å². The third-order valence-corrected chi connectivity index (χ3v) is 5.16. The van der Waals surface area contributed by atoms with Gasteiger partial charge < -0.3 is 25.5 Å². The second-order valence-electron chi connectivity index (χ2n) is 7.04. The zero-order valence-electron chi connectivity index (χ0n) is 15.1. The fourth-order valence-corrected chi connectivity index (χ4v) is 3.64. The number of benzene rings is 1. The van der Waals surface area contributed by atoms with Gasteiger partial charge in [0.15, 0.2) is 0 Å². The van der Waals surface area contributed by atoms with Crippen LogP contribution in [-0.2, 0) is 6.54 Å². The molecule has 2 aliphatic rings. The van der Waals surface area contributed by atoms with Crippen molar-refractivity contribution in [1.29, 1.82) is 0 Å². The fourth-order valence-electron chi connectivity index (χ4n) is 3.48. The van der Waals surface area contributed by atoms with Crippen molar-refractivity contribution < 1.29 is 19.1 Å². The molecule has 2 unspecified atom stereocenters. The maximum Gasteiger partial charge on any atom is 0.318 e. The number of carbonyl (C=O) groups excluding carboxylic acids is 2. The van der Waals surface area contributed by atoms with Gasteiger partial charge in [0.1, 0.15) is 5.82 Å². The Hall–Kier alpha value is -2.06. The molecule has 2 atom stereocenters. The molecule has 1 aromatic rings. The summed E-state index contributed by atoms with van der Waals surface area (Å²) < 4.78 is 13.9. The number of β-amino-alcohol motifs (C(OH)–C–C–N with tert-alkyl or cyclic N) is 1. The molecule has 4 amide bonds. The van der Waals surface area contributed by atoms with E-state index in [2.05, 4.69) is 10.6 Å². The van der Waals surface area contributed by atoms with E-state index in [4.69, 9.17) is 11.6 Å². The van der Waals surface area contributed by atoms with Crippen LogP contribution in [0.4, 0.5) is 14.0 Å². The van der Waals surface area contributed by atoms with E-state index in [1.807, 2.05) is 0 Å². The van der Waals surface area contributed by atoms with Crippen molar-refractivity contribution in [2.75, 3.05) is 20.1 Å². The summed E-state index contributed by atoms with van der Waals surface area (Å²) in [7, 11) is 1.53. The molecule has 1 aliphatic carbocycles. The van der Waals surface area contributed by atoms with Crippen LogP contribution in [0.25, 0.3) is 0 Å². The van der Waals surface area contributed by atoms with Gasteiger partial charge in [-0.05, 0) is 31.4 Å². The Labute approximate surface area is 162 Å². The van der Waals surface area contributed by atoms with Crippen molar-refractivity contribution in [3.8, 4) is 0 Å². The minimum Gasteiger partial charge on any atom is -0.391 e. The van der Waals surface area contributed by atoms with Crippen molar-refractivity contribution in [2.45, 2.75) is 44.0 Å². The normalized spacial score (nSPS) is 22.3. The molecule has 9 heteroatoms. The van der Waals surface area contributed by atoms with E-state index in [0.717, 1.165) is 12.8 Å². The number of hydrogen-bond donors (Lipinski definition) is 3. The molecule has 1 aliphatic heterocycles. The average molecular weight is 399 g/mol. The molecular weight excluding hydrogens is 375 g/mol. The SMILES string of the molecule is CNC(=O)N1CC(O)CC(N(C(=O)NCc2ccc(Cl)cc2F)C2CC2)C1. The molecule has 1 aromatic carbocycles. The molecule has 2 fully saturated rings. The van der Waals surface area contributed by atoms with Gasteiger partial charge in [0.2, 0.25) is 0 Å². The quantitative estimate of drug-likeness (QED) is 0.724. The second-order valence-corrected chi connectivity index (χ2v) is 7.47. The number of carbonyl (C=O) groups is 2. The molecule has 3 rings (SSSR count). The number of hydrogen-bond acceptors (Lipinski definition) is 3. The Kier molecular flexibility index (Phi) is 6.06. The number of aliphatic hydroxyl groups excluding tert-OH is 1. The van der Waals surface area contributed by atoms with Gasteiger partial charge in [-0.3, -0.25) is 0 Å². The first-order chi connectivity index (χ1) is 12.9. The highest BCUT2D eigenvalue weighted by Crippen LogP contribution is 2.31. The molecule has 3 N–H and O–H groups in total. The van der Waals surface area contributed by atoms with Crippen LogP contribution in [0.15, 0.2) is 18.2 Å². The molecule has 1 saturated heterocycles. The largest absolute Gasteiger partial charge is 0.391 e. The zero-order valence-corrected chi connectivity index (χ0v) is 15.9. The Bertz CT molecular complexity index is 716. The number of piperidine rings is 1. The van der Waals surface area contributed by atoms with Gasteiger partial charge in [-0.15, -0.1) is 0 Å². The van der Waals surface area contributed by atoms with E-state index < -0.39 is 11.9 Å². The van der Waals surface area contributed by atoms with Crippen LogP contribution in [0.3, 0.4) is 0 Å². The lowest BCUT2D eigenvalue weighted by molar-refractivity contribution is 0.0356. The molecule has 1 saturated carbocycles. The smallest absolute Gasteiger partial charge is 0.318 e. The number of rotatable bonds is 4. The first-order valence-electron chi connectivity index (χ1n) is 9.04. The van der Waals surface area contributed by atoms with Crippen LogP contribution in [-0.4, -0.2) is 65.3 Å². The van der Waals surface area contributed by atoms with Gasteiger partial charge in [0.05, 0.1) is 12.1 Å². The van der Waals surface area contributed by atoms with Crippen LogP contribution in [0.1, 0.15) is 24.8 Å². The fraction of sp³-hybridized carbons (Fsp3) is 0.556. The minimum atomic E-state index is -0.691. The monoisotopic (exact) mass is 398 g/mol. The summed E-state index contributed by atoms with van der Waals surface area (Å²) in [6.45, 7) is 0.641. The number of nitrogens with one attached hydrogen (secondary N) is 2. The summed E-state index contributed by atoms with van der Waals surface area (Å²) in [5.41, 5.74) is 0.346. The topological polar surface area (TPSA) is 84.9 Å². The Morgan fingerprint density at radius 3 is 2.70 bits per heavy atom. The Balaban J connectivity index is 1.67. The summed E-state index contributed by atoms with van der Waals surface area (Å²) in [4.78, 5) is 28.0. The Morgan fingerprint density at radius 1 is 1.33 bits per heavy atom. The first kappa shape index (κ1) is 19.7. The molecule has 0 spiro atoms. The maximum atomic E-state index is 13.9. The first-order valence-corrected chi connectivity index (χ1v) is 9.41. The number of amides is 4. The molecule has 7 nitrogen and oxygen atoms in total. The van der Waals surface area contributed by atoms with Crippen LogP contribution in [0, 0.1) is 5.82 Å². The number of halogens is 2. The minimum absolute atomic E-state index is 0.0412. The predicted molar refractivity (Wildman–Crippen MR) is 98.9 cm³/mol. The Morgan fingerprint density at radius 2 is 2.07 bits per heavy atom. The maximum absolute atomic E-state index is 13.9. The third-order valence-electron chi connectivity index (χ3n) is 4.92. The van der Waals surface area contributed by atoms with E-state index in [9.17, 15) is 19.1 Å². The van der Waals surface area contributed by atoms with Gasteiger partial charge in [-0.2, -0.15) is 0 Å². The summed E-state index contributed by atoms with van der Waals surface area (Å²) in [6, 6.07) is 3.53. The van der Waals surface area contributed by atoms with E-state index in [1.165, 1.54) is 24.1 Å². The van der Waals surface area contributed by atoms with Gasteiger partial charge in [0.25, 0.3) is 0 Å². The molecule has 0 aromatic heterocycles. The third kappa shape index (κ3) is 4.81. The van der Waals surface area contributed by atoms with Crippen LogP contribution < -0.4 is 10.6 Å². The highest BCUT2D eigenvalue weighted by molar-refractivity contribution is 6.30. The number of aliphatic hydroxyl groups is 1. The van der Waals surface area contributed by atoms with E-state index in [0.29, 0.717) is 23.6 Å². The number of urea groups is 2. The molecule has 27 heavy (non-hydrogen) atoms. The summed E-state index contributed by atoms with van der Waals surface area (Å²) in [6.07, 6.45) is 1.49. The van der Waals surface area contributed by atoms with Crippen molar-refractivity contribution in [2.24, 2.45) is 0 Å². The van der Waals surface area contributed by atoms with Gasteiger partial charge in [-0.25, -0.2) is 14.0 Å². The molecule has 1 heterocycles. The lowest BCUT2D eigenvalue weighted by Crippen LogP contribution is -2.59. The molecule has 148 valence electrons. The van der Waals surface area contributed by atoms with Crippen molar-refractivity contribution >= 4 is 23.7 Å². The average Bonchev–Trinajstić information content (AvgIpc) is 3.45. The summed E-state index contributed by atoms with van der Waals surface area (Å²) in [5, 5.41) is 15.8. The van der Waals surface area contributed by atoms with Gasteiger partial charge in [0, 0.05) is 43.3 Å². The number of likely N-dealkylation sites (tertiary alicyclic amines) is 1. The van der Waals surface area contributed by atoms with E-state index in [-0.39, 0.29) is 37.2 Å².